The van der Waals surface area contributed by atoms with Crippen LogP contribution in [0.2, 0.25) is 0 Å². The second-order valence-corrected chi connectivity index (χ2v) is 9.58. The van der Waals surface area contributed by atoms with E-state index in [0.717, 1.165) is 16.2 Å². The Balaban J connectivity index is 1.73. The summed E-state index contributed by atoms with van der Waals surface area (Å²) in [6.07, 6.45) is 12.2. The maximum Gasteiger partial charge on any atom is 0.175 e. The van der Waals surface area contributed by atoms with Crippen molar-refractivity contribution in [3.05, 3.63) is 65.9 Å². The second-order valence-electron chi connectivity index (χ2n) is 6.73. The van der Waals surface area contributed by atoms with Crippen molar-refractivity contribution < 1.29 is 8.42 Å². The first-order chi connectivity index (χ1) is 11.9. The molecule has 4 rings (SSSR count). The van der Waals surface area contributed by atoms with Crippen molar-refractivity contribution in [3.8, 4) is 0 Å². The lowest BCUT2D eigenvalue weighted by atomic mass is 9.96. The van der Waals surface area contributed by atoms with E-state index in [1.54, 1.807) is 23.9 Å². The Morgan fingerprint density at radius 3 is 2.04 bits per heavy atom. The van der Waals surface area contributed by atoms with Gasteiger partial charge in [0.15, 0.2) is 9.84 Å². The summed E-state index contributed by atoms with van der Waals surface area (Å²) in [5, 5.41) is 1.01. The maximum atomic E-state index is 11.7. The highest BCUT2D eigenvalue weighted by Crippen LogP contribution is 2.57. The van der Waals surface area contributed by atoms with Crippen molar-refractivity contribution in [1.82, 2.24) is 4.98 Å². The minimum Gasteiger partial charge on any atom is -0.249 e. The normalized spacial score (nSPS) is 18.2. The standard InChI is InChI=1S/C20H19NO2S2/c1-24-19-8-5-15(13-21-19)18-12-20(9-10-20)11-17(18)14-3-6-16(7-4-14)25(2,22)23/h3-8,11-13H,9-10H2,1-2H3. The van der Waals surface area contributed by atoms with Gasteiger partial charge in [-0.1, -0.05) is 30.4 Å². The molecule has 2 aromatic rings. The Bertz CT molecular complexity index is 981. The molecule has 0 amide bonds. The van der Waals surface area contributed by atoms with Gasteiger partial charge in [-0.05, 0) is 54.0 Å². The number of aromatic nitrogens is 1. The summed E-state index contributed by atoms with van der Waals surface area (Å²) >= 11 is 1.63. The third-order valence-corrected chi connectivity index (χ3v) is 6.62. The molecule has 3 nitrogen and oxygen atoms in total. The van der Waals surface area contributed by atoms with E-state index in [4.69, 9.17) is 0 Å². The lowest BCUT2D eigenvalue weighted by Crippen LogP contribution is -1.97. The van der Waals surface area contributed by atoms with Gasteiger partial charge in [0.25, 0.3) is 0 Å². The van der Waals surface area contributed by atoms with Crippen molar-refractivity contribution in [3.63, 3.8) is 0 Å². The maximum absolute atomic E-state index is 11.7. The van der Waals surface area contributed by atoms with Crippen molar-refractivity contribution in [2.24, 2.45) is 5.41 Å². The first kappa shape index (κ1) is 16.6. The molecule has 0 N–H and O–H groups in total. The molecule has 5 heteroatoms. The van der Waals surface area contributed by atoms with Gasteiger partial charge in [0.2, 0.25) is 0 Å². The monoisotopic (exact) mass is 369 g/mol. The van der Waals surface area contributed by atoms with E-state index in [2.05, 4.69) is 23.2 Å². The molecule has 1 heterocycles. The number of hydrogen-bond acceptors (Lipinski definition) is 4. The zero-order valence-corrected chi connectivity index (χ0v) is 15.8. The molecule has 1 aromatic heterocycles. The van der Waals surface area contributed by atoms with Crippen LogP contribution in [0.15, 0.2) is 64.7 Å². The summed E-state index contributed by atoms with van der Waals surface area (Å²) in [5.41, 5.74) is 4.73. The largest absolute Gasteiger partial charge is 0.249 e. The van der Waals surface area contributed by atoms with Gasteiger partial charge in [-0.3, -0.25) is 0 Å². The fraction of sp³-hybridized carbons (Fsp3) is 0.250. The van der Waals surface area contributed by atoms with Crippen molar-refractivity contribution in [1.29, 1.82) is 0 Å². The SMILES string of the molecule is CSc1ccc(C2=CC3(C=C2c2ccc(S(C)(=O)=O)cc2)CC3)cn1. The van der Waals surface area contributed by atoms with Gasteiger partial charge >= 0.3 is 0 Å². The molecule has 0 radical (unpaired) electrons. The number of nitrogens with zero attached hydrogens (tertiary/aromatic N) is 1. The van der Waals surface area contributed by atoms with Gasteiger partial charge in [0, 0.05) is 23.4 Å². The summed E-state index contributed by atoms with van der Waals surface area (Å²) in [7, 11) is -3.17. The van der Waals surface area contributed by atoms with Gasteiger partial charge in [0.1, 0.15) is 0 Å². The zero-order chi connectivity index (χ0) is 17.7. The summed E-state index contributed by atoms with van der Waals surface area (Å²) in [4.78, 5) is 4.85. The number of pyridine rings is 1. The van der Waals surface area contributed by atoms with Crippen LogP contribution in [0.1, 0.15) is 24.0 Å². The average Bonchev–Trinajstić information content (AvgIpc) is 3.25. The summed E-state index contributed by atoms with van der Waals surface area (Å²) in [6.45, 7) is 0. The van der Waals surface area contributed by atoms with Crippen LogP contribution in [-0.2, 0) is 9.84 Å². The Hall–Kier alpha value is -1.85. The highest BCUT2D eigenvalue weighted by Gasteiger charge is 2.43. The molecule has 25 heavy (non-hydrogen) atoms. The molecule has 0 saturated heterocycles. The van der Waals surface area contributed by atoms with Gasteiger partial charge in [-0.15, -0.1) is 11.8 Å². The molecule has 1 saturated carbocycles. The average molecular weight is 370 g/mol. The predicted octanol–water partition coefficient (Wildman–Crippen LogP) is 4.47. The Morgan fingerprint density at radius 2 is 1.56 bits per heavy atom. The molecular weight excluding hydrogens is 350 g/mol. The van der Waals surface area contributed by atoms with E-state index in [1.165, 1.54) is 30.2 Å². The van der Waals surface area contributed by atoms with Crippen LogP contribution < -0.4 is 0 Å². The molecule has 1 spiro atoms. The van der Waals surface area contributed by atoms with Gasteiger partial charge < -0.3 is 0 Å². The number of sulfone groups is 1. The summed E-state index contributed by atoms with van der Waals surface area (Å²) in [6, 6.07) is 11.3. The molecule has 128 valence electrons. The van der Waals surface area contributed by atoms with Crippen molar-refractivity contribution in [2.75, 3.05) is 12.5 Å². The van der Waals surface area contributed by atoms with E-state index < -0.39 is 9.84 Å². The van der Waals surface area contributed by atoms with Crippen LogP contribution in [0.3, 0.4) is 0 Å². The highest BCUT2D eigenvalue weighted by molar-refractivity contribution is 7.98. The molecule has 0 bridgehead atoms. The summed E-state index contributed by atoms with van der Waals surface area (Å²) < 4.78 is 23.4. The molecule has 1 fully saturated rings. The Kier molecular flexibility index (Phi) is 3.89. The van der Waals surface area contributed by atoms with Gasteiger partial charge in [-0.2, -0.15) is 0 Å². The summed E-state index contributed by atoms with van der Waals surface area (Å²) in [5.74, 6) is 0. The van der Waals surface area contributed by atoms with Crippen LogP contribution in [0.25, 0.3) is 11.1 Å². The number of thioether (sulfide) groups is 1. The number of allylic oxidation sites excluding steroid dienone is 4. The number of rotatable bonds is 4. The third kappa shape index (κ3) is 3.18. The van der Waals surface area contributed by atoms with Gasteiger partial charge in [-0.25, -0.2) is 13.4 Å². The van der Waals surface area contributed by atoms with E-state index in [1.807, 2.05) is 30.7 Å². The number of hydrogen-bond donors (Lipinski definition) is 0. The van der Waals surface area contributed by atoms with E-state index in [9.17, 15) is 8.42 Å². The fourth-order valence-corrected chi connectivity index (χ4v) is 4.22. The van der Waals surface area contributed by atoms with Crippen molar-refractivity contribution >= 4 is 32.7 Å². The van der Waals surface area contributed by atoms with Crippen LogP contribution in [0, 0.1) is 5.41 Å². The lowest BCUT2D eigenvalue weighted by Gasteiger charge is -2.10. The lowest BCUT2D eigenvalue weighted by molar-refractivity contribution is 0.602. The molecule has 0 unspecified atom stereocenters. The smallest absolute Gasteiger partial charge is 0.175 e. The topological polar surface area (TPSA) is 47.0 Å². The molecule has 2 aliphatic rings. The van der Waals surface area contributed by atoms with Gasteiger partial charge in [0.05, 0.1) is 9.92 Å². The molecule has 0 aliphatic heterocycles. The molecule has 1 aromatic carbocycles. The quantitative estimate of drug-likeness (QED) is 0.746. The van der Waals surface area contributed by atoms with E-state index in [-0.39, 0.29) is 5.41 Å². The molecular formula is C20H19NO2S2. The fourth-order valence-electron chi connectivity index (χ4n) is 3.22. The third-order valence-electron chi connectivity index (χ3n) is 4.83. The Labute approximate surface area is 152 Å². The van der Waals surface area contributed by atoms with E-state index >= 15 is 0 Å². The zero-order valence-electron chi connectivity index (χ0n) is 14.2. The number of benzene rings is 1. The second kappa shape index (κ2) is 5.85. The Morgan fingerprint density at radius 1 is 0.960 bits per heavy atom. The first-order valence-corrected chi connectivity index (χ1v) is 11.3. The minimum atomic E-state index is -3.17. The highest BCUT2D eigenvalue weighted by atomic mass is 32.2. The van der Waals surface area contributed by atoms with E-state index in [0.29, 0.717) is 4.90 Å². The van der Waals surface area contributed by atoms with Crippen LogP contribution in [0.4, 0.5) is 0 Å². The first-order valence-electron chi connectivity index (χ1n) is 8.17. The predicted molar refractivity (Wildman–Crippen MR) is 103 cm³/mol. The van der Waals surface area contributed by atoms with Crippen molar-refractivity contribution in [2.45, 2.75) is 22.8 Å². The molecule has 2 aliphatic carbocycles. The van der Waals surface area contributed by atoms with Crippen LogP contribution >= 0.6 is 11.8 Å². The van der Waals surface area contributed by atoms with Crippen LogP contribution in [-0.4, -0.2) is 25.9 Å². The molecule has 0 atom stereocenters. The minimum absolute atomic E-state index is 0.193. The van der Waals surface area contributed by atoms with Crippen LogP contribution in [0.5, 0.6) is 0 Å².